The maximum absolute atomic E-state index is 10.4. The largest absolute Gasteiger partial charge is 0.456 e. The molecule has 0 spiro atoms. The lowest BCUT2D eigenvalue weighted by molar-refractivity contribution is 0.669. The highest BCUT2D eigenvalue weighted by molar-refractivity contribution is 7.26. The normalized spacial score (nSPS) is 11.7. The van der Waals surface area contributed by atoms with Crippen LogP contribution in [-0.2, 0) is 0 Å². The average molecular weight is 1820 g/mol. The summed E-state index contributed by atoms with van der Waals surface area (Å²) in [5.41, 5.74) is 25.6. The van der Waals surface area contributed by atoms with Crippen molar-refractivity contribution in [1.82, 2.24) is 38.6 Å². The van der Waals surface area contributed by atoms with Crippen LogP contribution in [0.15, 0.2) is 435 Å². The first kappa shape index (κ1) is 80.7. The molecule has 0 atom stereocenters. The summed E-state index contributed by atoms with van der Waals surface area (Å²) in [6, 6.07) is 158. The first-order valence-corrected chi connectivity index (χ1v) is 48.0. The second kappa shape index (κ2) is 32.8. The van der Waals surface area contributed by atoms with Gasteiger partial charge in [-0.1, -0.05) is 267 Å². The zero-order chi connectivity index (χ0) is 92.7. The maximum atomic E-state index is 10.4. The smallest absolute Gasteiger partial charge is 0.236 e. The van der Waals surface area contributed by atoms with E-state index in [1.807, 2.05) is 168 Å². The van der Waals surface area contributed by atoms with Gasteiger partial charge in [0.05, 0.1) is 60.9 Å². The monoisotopic (exact) mass is 1820 g/mol. The summed E-state index contributed by atoms with van der Waals surface area (Å²) in [5.74, 6) is 1.03. The number of aromatic nitrogens is 8. The first-order valence-electron chi connectivity index (χ1n) is 46.4. The molecule has 20 aromatic carbocycles. The Bertz CT molecular complexity index is 10400. The molecule has 0 N–H and O–H groups in total. The molecular weight excluding hydrogens is 1750 g/mol. The van der Waals surface area contributed by atoms with Gasteiger partial charge in [0.15, 0.2) is 17.2 Å². The van der Waals surface area contributed by atoms with E-state index in [4.69, 9.17) is 24.4 Å². The summed E-state index contributed by atoms with van der Waals surface area (Å²) < 4.78 is 18.2. The minimum absolute atomic E-state index is 0.363. The Morgan fingerprint density at radius 3 is 1.23 bits per heavy atom. The Morgan fingerprint density at radius 1 is 0.236 bits per heavy atom. The predicted molar refractivity (Wildman–Crippen MR) is 579 cm³/mol. The number of para-hydroxylation sites is 7. The molecule has 0 aliphatic heterocycles. The molecule has 0 saturated carbocycles. The molecule has 0 amide bonds. The topological polar surface area (TPSA) is 164 Å². The van der Waals surface area contributed by atoms with Crippen LogP contribution in [0.4, 0.5) is 0 Å². The van der Waals surface area contributed by atoms with Crippen LogP contribution in [0.5, 0.6) is 0 Å². The number of rotatable bonds is 9. The molecule has 9 heterocycles. The number of hydrogen-bond donors (Lipinski definition) is 0. The highest BCUT2D eigenvalue weighted by Crippen LogP contribution is 2.48. The van der Waals surface area contributed by atoms with Gasteiger partial charge in [-0.15, -0.1) is 22.7 Å². The van der Waals surface area contributed by atoms with E-state index in [9.17, 15) is 15.8 Å². The van der Waals surface area contributed by atoms with E-state index in [-0.39, 0.29) is 0 Å². The Balaban J connectivity index is 0.000000107. The molecule has 0 fully saturated rings. The van der Waals surface area contributed by atoms with E-state index in [1.165, 1.54) is 106 Å². The van der Waals surface area contributed by atoms with Crippen LogP contribution in [-0.4, -0.2) is 38.6 Å². The van der Waals surface area contributed by atoms with Crippen molar-refractivity contribution >= 4 is 205 Å². The van der Waals surface area contributed by atoms with Crippen molar-refractivity contribution in [2.24, 2.45) is 0 Å². The molecule has 140 heavy (non-hydrogen) atoms. The van der Waals surface area contributed by atoms with E-state index < -0.39 is 0 Å². The predicted octanol–water partition coefficient (Wildman–Crippen LogP) is 33.3. The van der Waals surface area contributed by atoms with Gasteiger partial charge >= 0.3 is 0 Å². The van der Waals surface area contributed by atoms with E-state index in [0.717, 1.165) is 149 Å². The summed E-state index contributed by atoms with van der Waals surface area (Å²) in [4.78, 5) is 24.1. The van der Waals surface area contributed by atoms with Crippen molar-refractivity contribution < 1.29 is 4.42 Å². The first-order chi connectivity index (χ1) is 69.3. The number of nitriles is 3. The number of pyridine rings is 1. The second-order valence-electron chi connectivity index (χ2n) is 35.3. The molecule has 0 saturated heterocycles. The van der Waals surface area contributed by atoms with E-state index in [0.29, 0.717) is 28.7 Å². The standard InChI is InChI=1S/C50H29N3S.C43H24N4S.C33H18N4O/c51-30-42-38-14-6-8-16-43(38)52-50(48(42)32-11-2-1-3-12-32)33-18-23-36(24-19-33)53-44-17-9-7-15-39(44)40-28-34(20-25-45(40)53)35-22-26-46-41(29-35)49-37-13-5-4-10-31(37)21-27-47(49)54-46;44-25-37-33-10-3-5-11-36(33)45-43(46-37)27-13-18-30(19-14-27)47-38-12-6-4-9-32(38)34-23-28(15-20-39(34)47)29-17-21-40-35(24-29)42-31-8-2-1-7-26(31)16-22-41(42)48-40;34-19-27-24-9-1-4-12-26(24)35-33(36-27)37-28-13-5-2-8-22(28)23-17-16-20(18-29(23)37)21-11-7-15-31-32(21)25-10-3-6-14-30(25)38-31/h1-29H;1-24H;1-18H. The molecule has 29 rings (SSSR count). The molecule has 14 heteroatoms. The number of furan rings is 1. The number of fused-ring (bicyclic) bond motifs is 25. The molecule has 0 aliphatic carbocycles. The van der Waals surface area contributed by atoms with Crippen LogP contribution in [0.2, 0.25) is 0 Å². The fourth-order valence-electron chi connectivity index (χ4n) is 21.2. The van der Waals surface area contributed by atoms with Gasteiger partial charge in [-0.2, -0.15) is 15.8 Å². The minimum Gasteiger partial charge on any atom is -0.456 e. The van der Waals surface area contributed by atoms with Gasteiger partial charge in [0.2, 0.25) is 5.95 Å². The average Bonchev–Trinajstić information content (AvgIpc) is 1.59. The fourth-order valence-corrected chi connectivity index (χ4v) is 23.4. The van der Waals surface area contributed by atoms with Crippen molar-refractivity contribution in [1.29, 1.82) is 15.8 Å². The number of nitrogens with zero attached hydrogens (tertiary/aromatic N) is 11. The van der Waals surface area contributed by atoms with Crippen molar-refractivity contribution in [2.45, 2.75) is 0 Å². The molecular formula is C126H71N11OS2. The van der Waals surface area contributed by atoms with Crippen LogP contribution in [0, 0.1) is 34.0 Å². The highest BCUT2D eigenvalue weighted by Gasteiger charge is 2.25. The van der Waals surface area contributed by atoms with Gasteiger partial charge in [-0.05, 0) is 224 Å². The third-order valence-corrected chi connectivity index (χ3v) is 29.8. The second-order valence-corrected chi connectivity index (χ2v) is 37.5. The van der Waals surface area contributed by atoms with Crippen LogP contribution >= 0.6 is 22.7 Å². The number of hydrogen-bond acceptors (Lipinski definition) is 11. The lowest BCUT2D eigenvalue weighted by atomic mass is 9.92. The van der Waals surface area contributed by atoms with E-state index >= 15 is 0 Å². The molecule has 0 aliphatic rings. The quantitative estimate of drug-likeness (QED) is 0.137. The summed E-state index contributed by atoms with van der Waals surface area (Å²) >= 11 is 3.73. The van der Waals surface area contributed by atoms with Gasteiger partial charge in [0.25, 0.3) is 0 Å². The summed E-state index contributed by atoms with van der Waals surface area (Å²) in [6.45, 7) is 0. The fraction of sp³-hybridized carbons (Fsp3) is 0. The molecule has 9 aromatic heterocycles. The van der Waals surface area contributed by atoms with E-state index in [2.05, 4.69) is 322 Å². The SMILES string of the molecule is N#Cc1c(-c2ccccc2)c(-c2ccc(-n3c4ccccc4c4cc(-c5ccc6sc7ccc8ccccc8c7c6c5)ccc43)cc2)nc2ccccc12.N#Cc1nc(-c2ccc(-n3c4ccccc4c4cc(-c5ccc6sc7ccc8ccccc8c7c6c5)ccc43)cc2)nc2ccccc12.N#Cc1nc(-n2c3ccccc3c3ccc(-c4cccc5oc6ccccc6c45)cc32)nc2ccccc12. The molecule has 12 nitrogen and oxygen atoms in total. The summed E-state index contributed by atoms with van der Waals surface area (Å²) in [7, 11) is 0. The van der Waals surface area contributed by atoms with Gasteiger partial charge in [0, 0.05) is 128 Å². The van der Waals surface area contributed by atoms with Gasteiger partial charge < -0.3 is 13.6 Å². The van der Waals surface area contributed by atoms with Crippen molar-refractivity contribution in [3.63, 3.8) is 0 Å². The Morgan fingerprint density at radius 2 is 0.657 bits per heavy atom. The Hall–Kier alpha value is -18.9. The Labute approximate surface area is 807 Å². The summed E-state index contributed by atoms with van der Waals surface area (Å²) in [6.07, 6.45) is 0. The highest BCUT2D eigenvalue weighted by atomic mass is 32.1. The molecule has 29 aromatic rings. The zero-order valence-electron chi connectivity index (χ0n) is 74.6. The van der Waals surface area contributed by atoms with Crippen molar-refractivity contribution in [3.8, 4) is 103 Å². The van der Waals surface area contributed by atoms with Gasteiger partial charge in [0.1, 0.15) is 29.4 Å². The molecule has 648 valence electrons. The third kappa shape index (κ3) is 13.2. The minimum atomic E-state index is 0.363. The lowest BCUT2D eigenvalue weighted by Crippen LogP contribution is -2.03. The van der Waals surface area contributed by atoms with Crippen LogP contribution in [0.3, 0.4) is 0 Å². The molecule has 0 bridgehead atoms. The Kier molecular flexibility index (Phi) is 18.9. The van der Waals surface area contributed by atoms with Crippen LogP contribution in [0.25, 0.3) is 266 Å². The van der Waals surface area contributed by atoms with Crippen molar-refractivity contribution in [3.05, 3.63) is 448 Å². The number of benzene rings is 20. The summed E-state index contributed by atoms with van der Waals surface area (Å²) in [5, 5.41) is 52.2. The van der Waals surface area contributed by atoms with Crippen LogP contribution < -0.4 is 0 Å². The lowest BCUT2D eigenvalue weighted by Gasteiger charge is -2.15. The van der Waals surface area contributed by atoms with Gasteiger partial charge in [-0.3, -0.25) is 4.57 Å². The van der Waals surface area contributed by atoms with Crippen molar-refractivity contribution in [2.75, 3.05) is 0 Å². The van der Waals surface area contributed by atoms with E-state index in [1.54, 1.807) is 0 Å². The molecule has 0 radical (unpaired) electrons. The molecule has 0 unspecified atom stereocenters. The maximum Gasteiger partial charge on any atom is 0.236 e. The zero-order valence-corrected chi connectivity index (χ0v) is 76.3. The van der Waals surface area contributed by atoms with Gasteiger partial charge in [-0.25, -0.2) is 24.9 Å². The van der Waals surface area contributed by atoms with Crippen LogP contribution in [0.1, 0.15) is 17.0 Å². The third-order valence-electron chi connectivity index (χ3n) is 27.6. The number of thiophene rings is 2.